The molecule has 3 nitrogen and oxygen atoms in total. The van der Waals surface area contributed by atoms with Gasteiger partial charge in [0.25, 0.3) is 0 Å². The van der Waals surface area contributed by atoms with E-state index in [9.17, 15) is 4.79 Å². The molecule has 0 aromatic heterocycles. The maximum Gasteiger partial charge on any atom is 0.179 e. The molecule has 0 amide bonds. The van der Waals surface area contributed by atoms with Crippen LogP contribution >= 0.6 is 0 Å². The first kappa shape index (κ1) is 6.29. The van der Waals surface area contributed by atoms with Crippen molar-refractivity contribution in [2.24, 2.45) is 0 Å². The van der Waals surface area contributed by atoms with E-state index in [0.717, 1.165) is 5.70 Å². The number of ketones is 1. The molecule has 0 aromatic carbocycles. The van der Waals surface area contributed by atoms with Gasteiger partial charge in [0.2, 0.25) is 0 Å². The summed E-state index contributed by atoms with van der Waals surface area (Å²) >= 11 is 0. The molecule has 0 unspecified atom stereocenters. The number of hydroxylamine groups is 2. The third-order valence-electron chi connectivity index (χ3n) is 1.28. The van der Waals surface area contributed by atoms with Gasteiger partial charge in [0, 0.05) is 11.8 Å². The number of rotatable bonds is 1. The maximum atomic E-state index is 10.6. The Bertz CT molecular complexity index is 162. The summed E-state index contributed by atoms with van der Waals surface area (Å²) in [7, 11) is 1.55. The lowest BCUT2D eigenvalue weighted by molar-refractivity contribution is -0.127. The molecule has 0 saturated heterocycles. The summed E-state index contributed by atoms with van der Waals surface area (Å²) in [6, 6.07) is 0. The average Bonchev–Trinajstić information content (AvgIpc) is 2.10. The minimum absolute atomic E-state index is 0.106. The molecule has 1 heterocycles. The molecule has 1 aliphatic heterocycles. The van der Waals surface area contributed by atoms with Crippen LogP contribution < -0.4 is 0 Å². The Morgan fingerprint density at radius 2 is 2.44 bits per heavy atom. The number of hydrogen-bond acceptors (Lipinski definition) is 3. The Hall–Kier alpha value is -0.830. The summed E-state index contributed by atoms with van der Waals surface area (Å²) < 4.78 is 0. The van der Waals surface area contributed by atoms with Crippen LogP contribution in [0.3, 0.4) is 0 Å². The molecule has 9 heavy (non-hydrogen) atoms. The van der Waals surface area contributed by atoms with Gasteiger partial charge >= 0.3 is 0 Å². The summed E-state index contributed by atoms with van der Waals surface area (Å²) in [5, 5.41) is 1.56. The summed E-state index contributed by atoms with van der Waals surface area (Å²) in [5.74, 6) is 0.106. The molecule has 1 aliphatic rings. The van der Waals surface area contributed by atoms with E-state index in [-0.39, 0.29) is 5.78 Å². The second-order valence-electron chi connectivity index (χ2n) is 1.97. The smallest absolute Gasteiger partial charge is 0.179 e. The molecule has 0 bridgehead atoms. The van der Waals surface area contributed by atoms with E-state index >= 15 is 0 Å². The van der Waals surface area contributed by atoms with Gasteiger partial charge in [-0.05, 0) is 6.92 Å². The standard InChI is InChI=1S/C6H9NO2/c1-5-3-6(8)4-7(5)9-2/h3H,4H2,1-2H3. The van der Waals surface area contributed by atoms with Crippen molar-refractivity contribution in [2.75, 3.05) is 13.7 Å². The zero-order chi connectivity index (χ0) is 6.85. The van der Waals surface area contributed by atoms with Crippen molar-refractivity contribution in [3.05, 3.63) is 11.8 Å². The molecule has 0 N–H and O–H groups in total. The van der Waals surface area contributed by atoms with Crippen molar-refractivity contribution >= 4 is 5.78 Å². The Kier molecular flexibility index (Phi) is 1.53. The lowest BCUT2D eigenvalue weighted by Gasteiger charge is -2.13. The third kappa shape index (κ3) is 1.10. The van der Waals surface area contributed by atoms with Crippen molar-refractivity contribution in [1.29, 1.82) is 0 Å². The highest BCUT2D eigenvalue weighted by Gasteiger charge is 2.16. The Morgan fingerprint density at radius 1 is 1.78 bits per heavy atom. The zero-order valence-corrected chi connectivity index (χ0v) is 5.55. The van der Waals surface area contributed by atoms with Crippen LogP contribution in [0.2, 0.25) is 0 Å². The van der Waals surface area contributed by atoms with Crippen LogP contribution in [0.25, 0.3) is 0 Å². The van der Waals surface area contributed by atoms with Gasteiger partial charge in [-0.25, -0.2) is 0 Å². The average molecular weight is 127 g/mol. The number of allylic oxidation sites excluding steroid dienone is 1. The Labute approximate surface area is 53.9 Å². The summed E-state index contributed by atoms with van der Waals surface area (Å²) in [4.78, 5) is 15.5. The molecule has 0 aliphatic carbocycles. The number of hydrogen-bond donors (Lipinski definition) is 0. The first-order valence-electron chi connectivity index (χ1n) is 2.77. The predicted molar refractivity (Wildman–Crippen MR) is 32.5 cm³/mol. The second-order valence-corrected chi connectivity index (χ2v) is 1.97. The van der Waals surface area contributed by atoms with E-state index in [1.165, 1.54) is 0 Å². The fourth-order valence-corrected chi connectivity index (χ4v) is 0.825. The van der Waals surface area contributed by atoms with Crippen LogP contribution in [-0.2, 0) is 9.63 Å². The molecule has 0 saturated carbocycles. The molecule has 0 spiro atoms. The van der Waals surface area contributed by atoms with E-state index in [1.807, 2.05) is 6.92 Å². The minimum atomic E-state index is 0.106. The van der Waals surface area contributed by atoms with Crippen LogP contribution in [0.1, 0.15) is 6.92 Å². The molecular formula is C6H9NO2. The fourth-order valence-electron chi connectivity index (χ4n) is 0.825. The van der Waals surface area contributed by atoms with Gasteiger partial charge in [0.15, 0.2) is 5.78 Å². The Morgan fingerprint density at radius 3 is 2.67 bits per heavy atom. The first-order valence-corrected chi connectivity index (χ1v) is 2.77. The predicted octanol–water partition coefficient (Wildman–Crippen LogP) is 0.336. The summed E-state index contributed by atoms with van der Waals surface area (Å²) in [6.45, 7) is 2.21. The highest BCUT2D eigenvalue weighted by atomic mass is 16.7. The molecule has 0 atom stereocenters. The maximum absolute atomic E-state index is 10.6. The van der Waals surface area contributed by atoms with E-state index in [1.54, 1.807) is 18.2 Å². The number of carbonyl (C=O) groups excluding carboxylic acids is 1. The molecule has 1 rings (SSSR count). The molecule has 50 valence electrons. The van der Waals surface area contributed by atoms with Gasteiger partial charge in [-0.15, -0.1) is 0 Å². The van der Waals surface area contributed by atoms with E-state index in [4.69, 9.17) is 4.84 Å². The third-order valence-corrected chi connectivity index (χ3v) is 1.28. The Balaban J connectivity index is 2.64. The first-order chi connectivity index (χ1) is 4.24. The SMILES string of the molecule is CON1CC(=O)C=C1C. The normalized spacial score (nSPS) is 18.7. The molecule has 3 heteroatoms. The van der Waals surface area contributed by atoms with Crippen molar-refractivity contribution < 1.29 is 9.63 Å². The molecular weight excluding hydrogens is 118 g/mol. The monoisotopic (exact) mass is 127 g/mol. The zero-order valence-electron chi connectivity index (χ0n) is 5.55. The summed E-state index contributed by atoms with van der Waals surface area (Å²) in [6.07, 6.45) is 1.57. The van der Waals surface area contributed by atoms with Crippen LogP contribution in [0.15, 0.2) is 11.8 Å². The highest BCUT2D eigenvalue weighted by Crippen LogP contribution is 2.09. The number of nitrogens with zero attached hydrogens (tertiary/aromatic N) is 1. The van der Waals surface area contributed by atoms with Crippen LogP contribution in [0.4, 0.5) is 0 Å². The van der Waals surface area contributed by atoms with Gasteiger partial charge < -0.3 is 0 Å². The van der Waals surface area contributed by atoms with Gasteiger partial charge in [0.1, 0.15) is 6.54 Å². The summed E-state index contributed by atoms with van der Waals surface area (Å²) in [5.41, 5.74) is 0.877. The lowest BCUT2D eigenvalue weighted by atomic mass is 10.4. The molecule has 0 fully saturated rings. The van der Waals surface area contributed by atoms with Crippen molar-refractivity contribution in [3.8, 4) is 0 Å². The lowest BCUT2D eigenvalue weighted by Crippen LogP contribution is -2.19. The van der Waals surface area contributed by atoms with E-state index in [0.29, 0.717) is 6.54 Å². The van der Waals surface area contributed by atoms with E-state index < -0.39 is 0 Å². The second kappa shape index (κ2) is 2.19. The highest BCUT2D eigenvalue weighted by molar-refractivity contribution is 5.94. The van der Waals surface area contributed by atoms with Gasteiger partial charge in [-0.1, -0.05) is 0 Å². The van der Waals surface area contributed by atoms with Crippen LogP contribution in [0.5, 0.6) is 0 Å². The van der Waals surface area contributed by atoms with Crippen molar-refractivity contribution in [2.45, 2.75) is 6.92 Å². The number of carbonyl (C=O) groups is 1. The van der Waals surface area contributed by atoms with Crippen LogP contribution in [-0.4, -0.2) is 24.5 Å². The molecule has 0 radical (unpaired) electrons. The van der Waals surface area contributed by atoms with Gasteiger partial charge in [0.05, 0.1) is 7.11 Å². The largest absolute Gasteiger partial charge is 0.293 e. The minimum Gasteiger partial charge on any atom is -0.293 e. The van der Waals surface area contributed by atoms with Crippen molar-refractivity contribution in [1.82, 2.24) is 5.06 Å². The van der Waals surface area contributed by atoms with Gasteiger partial charge in [-0.2, -0.15) is 0 Å². The fraction of sp³-hybridized carbons (Fsp3) is 0.500. The van der Waals surface area contributed by atoms with Crippen molar-refractivity contribution in [3.63, 3.8) is 0 Å². The quantitative estimate of drug-likeness (QED) is 0.508. The molecule has 0 aromatic rings. The van der Waals surface area contributed by atoms with Gasteiger partial charge in [-0.3, -0.25) is 14.7 Å². The van der Waals surface area contributed by atoms with Crippen LogP contribution in [0, 0.1) is 0 Å². The van der Waals surface area contributed by atoms with E-state index in [2.05, 4.69) is 0 Å². The topological polar surface area (TPSA) is 29.5 Å².